The number of rotatable bonds is 4. The second kappa shape index (κ2) is 10.1. The fourth-order valence-corrected chi connectivity index (χ4v) is 3.99. The van der Waals surface area contributed by atoms with Crippen LogP contribution in [0.3, 0.4) is 0 Å². The molecule has 33 heavy (non-hydrogen) atoms. The maximum absolute atomic E-state index is 12.9. The molecule has 3 heterocycles. The first kappa shape index (κ1) is 25.0. The third kappa shape index (κ3) is 7.46. The molecule has 1 aromatic rings. The fraction of sp³-hybridized carbons (Fsp3) is 0.727. The van der Waals surface area contributed by atoms with E-state index < -0.39 is 23.6 Å². The Kier molecular flexibility index (Phi) is 7.69. The maximum Gasteiger partial charge on any atom is 0.433 e. The van der Waals surface area contributed by atoms with Crippen LogP contribution >= 0.6 is 0 Å². The Balaban J connectivity index is 1.47. The SMILES string of the molecule is CC(C)(C)OC(=O)N1CCC(CC(=O)N2CCCC(Oc3nccc(C(F)(F)F)n3)C2)CC1. The molecule has 0 bridgehead atoms. The van der Waals surface area contributed by atoms with Gasteiger partial charge in [-0.05, 0) is 58.4 Å². The zero-order chi connectivity index (χ0) is 24.2. The summed E-state index contributed by atoms with van der Waals surface area (Å²) < 4.78 is 49.5. The van der Waals surface area contributed by atoms with Crippen molar-refractivity contribution in [1.82, 2.24) is 19.8 Å². The molecule has 0 saturated carbocycles. The van der Waals surface area contributed by atoms with Gasteiger partial charge in [0, 0.05) is 32.3 Å². The first-order valence-corrected chi connectivity index (χ1v) is 11.2. The molecule has 11 heteroatoms. The van der Waals surface area contributed by atoms with Crippen molar-refractivity contribution in [2.45, 2.75) is 70.8 Å². The average molecular weight is 473 g/mol. The van der Waals surface area contributed by atoms with Crippen molar-refractivity contribution >= 4 is 12.0 Å². The highest BCUT2D eigenvalue weighted by molar-refractivity contribution is 5.76. The molecule has 8 nitrogen and oxygen atoms in total. The molecule has 0 N–H and O–H groups in total. The number of likely N-dealkylation sites (tertiary alicyclic amines) is 2. The highest BCUT2D eigenvalue weighted by atomic mass is 19.4. The van der Waals surface area contributed by atoms with Crippen molar-refractivity contribution in [3.8, 4) is 6.01 Å². The van der Waals surface area contributed by atoms with E-state index in [1.807, 2.05) is 20.8 Å². The zero-order valence-electron chi connectivity index (χ0n) is 19.2. The molecule has 2 aliphatic heterocycles. The van der Waals surface area contributed by atoms with Crippen LogP contribution in [0.5, 0.6) is 6.01 Å². The second-order valence-electron chi connectivity index (χ2n) is 9.56. The van der Waals surface area contributed by atoms with Gasteiger partial charge in [-0.1, -0.05) is 0 Å². The third-order valence-electron chi connectivity index (χ3n) is 5.66. The Labute approximate surface area is 191 Å². The van der Waals surface area contributed by atoms with E-state index in [1.165, 1.54) is 0 Å². The summed E-state index contributed by atoms with van der Waals surface area (Å²) >= 11 is 0. The summed E-state index contributed by atoms with van der Waals surface area (Å²) in [4.78, 5) is 35.6. The van der Waals surface area contributed by atoms with E-state index in [1.54, 1.807) is 9.80 Å². The molecule has 0 aromatic carbocycles. The van der Waals surface area contributed by atoms with Gasteiger partial charge in [0.25, 0.3) is 0 Å². The van der Waals surface area contributed by atoms with Crippen molar-refractivity contribution in [2.75, 3.05) is 26.2 Å². The molecular formula is C22H31F3N4O4. The largest absolute Gasteiger partial charge is 0.458 e. The summed E-state index contributed by atoms with van der Waals surface area (Å²) in [5.74, 6) is 0.160. The summed E-state index contributed by atoms with van der Waals surface area (Å²) in [6, 6.07) is 0.455. The predicted octanol–water partition coefficient (Wildman–Crippen LogP) is 3.90. The normalized spacial score (nSPS) is 20.5. The van der Waals surface area contributed by atoms with Crippen LogP contribution in [0.2, 0.25) is 0 Å². The van der Waals surface area contributed by atoms with Crippen LogP contribution in [0.1, 0.15) is 58.6 Å². The van der Waals surface area contributed by atoms with E-state index in [4.69, 9.17) is 9.47 Å². The molecule has 2 amide bonds. The van der Waals surface area contributed by atoms with Crippen molar-refractivity contribution in [1.29, 1.82) is 0 Å². The van der Waals surface area contributed by atoms with Gasteiger partial charge in [-0.3, -0.25) is 4.79 Å². The summed E-state index contributed by atoms with van der Waals surface area (Å²) in [6.45, 7) is 7.44. The first-order valence-electron chi connectivity index (χ1n) is 11.2. The second-order valence-corrected chi connectivity index (χ2v) is 9.56. The van der Waals surface area contributed by atoms with Crippen LogP contribution in [-0.2, 0) is 15.7 Å². The Hall–Kier alpha value is -2.59. The molecule has 2 fully saturated rings. The van der Waals surface area contributed by atoms with Gasteiger partial charge in [0.1, 0.15) is 11.7 Å². The van der Waals surface area contributed by atoms with Gasteiger partial charge in [0.05, 0.1) is 6.54 Å². The van der Waals surface area contributed by atoms with Crippen LogP contribution in [0.15, 0.2) is 12.3 Å². The molecule has 3 rings (SSSR count). The molecule has 2 saturated heterocycles. The van der Waals surface area contributed by atoms with Crippen LogP contribution in [0, 0.1) is 5.92 Å². The average Bonchev–Trinajstić information content (AvgIpc) is 2.73. The van der Waals surface area contributed by atoms with E-state index in [9.17, 15) is 22.8 Å². The van der Waals surface area contributed by atoms with Crippen LogP contribution in [0.4, 0.5) is 18.0 Å². The Morgan fingerprint density at radius 1 is 1.09 bits per heavy atom. The van der Waals surface area contributed by atoms with Gasteiger partial charge in [0.15, 0.2) is 5.69 Å². The highest BCUT2D eigenvalue weighted by Crippen LogP contribution is 2.29. The Bertz CT molecular complexity index is 836. The Morgan fingerprint density at radius 2 is 1.79 bits per heavy atom. The predicted molar refractivity (Wildman–Crippen MR) is 112 cm³/mol. The summed E-state index contributed by atoms with van der Waals surface area (Å²) in [5.41, 5.74) is -1.61. The van der Waals surface area contributed by atoms with E-state index in [0.29, 0.717) is 38.9 Å². The number of amides is 2. The van der Waals surface area contributed by atoms with Gasteiger partial charge in [-0.15, -0.1) is 0 Å². The van der Waals surface area contributed by atoms with Crippen LogP contribution in [-0.4, -0.2) is 69.7 Å². The lowest BCUT2D eigenvalue weighted by Crippen LogP contribution is -2.46. The highest BCUT2D eigenvalue weighted by Gasteiger charge is 2.34. The third-order valence-corrected chi connectivity index (χ3v) is 5.66. The molecular weight excluding hydrogens is 441 g/mol. The molecule has 1 atom stereocenters. The lowest BCUT2D eigenvalue weighted by Gasteiger charge is -2.36. The van der Waals surface area contributed by atoms with E-state index in [2.05, 4.69) is 9.97 Å². The van der Waals surface area contributed by atoms with Gasteiger partial charge in [-0.25, -0.2) is 9.78 Å². The molecule has 0 radical (unpaired) electrons. The van der Waals surface area contributed by atoms with Crippen molar-refractivity contribution < 1.29 is 32.2 Å². The van der Waals surface area contributed by atoms with Crippen molar-refractivity contribution in [3.63, 3.8) is 0 Å². The minimum absolute atomic E-state index is 0.0102. The van der Waals surface area contributed by atoms with Gasteiger partial charge in [0.2, 0.25) is 5.91 Å². The number of aromatic nitrogens is 2. The lowest BCUT2D eigenvalue weighted by atomic mass is 9.92. The fourth-order valence-electron chi connectivity index (χ4n) is 3.99. The van der Waals surface area contributed by atoms with Gasteiger partial charge >= 0.3 is 18.3 Å². The molecule has 2 aliphatic rings. The smallest absolute Gasteiger partial charge is 0.433 e. The minimum Gasteiger partial charge on any atom is -0.458 e. The molecule has 0 spiro atoms. The molecule has 184 valence electrons. The quantitative estimate of drug-likeness (QED) is 0.661. The number of halogens is 3. The zero-order valence-corrected chi connectivity index (χ0v) is 19.2. The number of hydrogen-bond acceptors (Lipinski definition) is 6. The molecule has 1 aromatic heterocycles. The molecule has 0 aliphatic carbocycles. The van der Waals surface area contributed by atoms with Gasteiger partial charge < -0.3 is 19.3 Å². The molecule has 1 unspecified atom stereocenters. The number of carbonyl (C=O) groups excluding carboxylic acids is 2. The number of carbonyl (C=O) groups is 2. The van der Waals surface area contributed by atoms with Crippen molar-refractivity contribution in [2.24, 2.45) is 5.92 Å². The monoisotopic (exact) mass is 472 g/mol. The van der Waals surface area contributed by atoms with Crippen molar-refractivity contribution in [3.05, 3.63) is 18.0 Å². The number of nitrogens with zero attached hydrogens (tertiary/aromatic N) is 4. The minimum atomic E-state index is -4.57. The topological polar surface area (TPSA) is 84.9 Å². The van der Waals surface area contributed by atoms with Gasteiger partial charge in [-0.2, -0.15) is 18.2 Å². The summed E-state index contributed by atoms with van der Waals surface area (Å²) in [6.07, 6.45) is -1.25. The summed E-state index contributed by atoms with van der Waals surface area (Å²) in [7, 11) is 0. The Morgan fingerprint density at radius 3 is 2.42 bits per heavy atom. The first-order chi connectivity index (χ1) is 15.4. The number of alkyl halides is 3. The lowest BCUT2D eigenvalue weighted by molar-refractivity contribution is -0.141. The van der Waals surface area contributed by atoms with E-state index >= 15 is 0 Å². The van der Waals surface area contributed by atoms with Crippen LogP contribution < -0.4 is 4.74 Å². The number of hydrogen-bond donors (Lipinski definition) is 0. The maximum atomic E-state index is 12.9. The van der Waals surface area contributed by atoms with E-state index in [0.717, 1.165) is 25.1 Å². The van der Waals surface area contributed by atoms with Crippen LogP contribution in [0.25, 0.3) is 0 Å². The summed E-state index contributed by atoms with van der Waals surface area (Å²) in [5, 5.41) is 0. The standard InChI is InChI=1S/C22H31F3N4O4/c1-21(2,3)33-20(31)28-11-7-15(8-12-28)13-18(30)29-10-4-5-16(14-29)32-19-26-9-6-17(27-19)22(23,24)25/h6,9,15-16H,4-5,7-8,10-14H2,1-3H3. The van der Waals surface area contributed by atoms with E-state index in [-0.39, 0.29) is 30.5 Å². The number of piperidine rings is 2. The number of ether oxygens (including phenoxy) is 2.